The van der Waals surface area contributed by atoms with Crippen LogP contribution in [0, 0.1) is 6.92 Å². The lowest BCUT2D eigenvalue weighted by molar-refractivity contribution is -0.883. The van der Waals surface area contributed by atoms with E-state index in [1.165, 1.54) is 4.90 Å². The van der Waals surface area contributed by atoms with Gasteiger partial charge >= 0.3 is 0 Å². The van der Waals surface area contributed by atoms with Crippen molar-refractivity contribution in [2.24, 2.45) is 4.99 Å². The Kier molecular flexibility index (Phi) is 4.80. The van der Waals surface area contributed by atoms with Gasteiger partial charge in [0.1, 0.15) is 6.04 Å². The third kappa shape index (κ3) is 3.91. The molecule has 0 aliphatic carbocycles. The molecule has 0 radical (unpaired) electrons. The van der Waals surface area contributed by atoms with Crippen LogP contribution >= 0.6 is 0 Å². The second-order valence-electron chi connectivity index (χ2n) is 6.52. The first kappa shape index (κ1) is 16.4. The zero-order valence-electron chi connectivity index (χ0n) is 14.1. The van der Waals surface area contributed by atoms with E-state index in [-0.39, 0.29) is 18.2 Å². The molecule has 2 aliphatic rings. The maximum absolute atomic E-state index is 12.5. The van der Waals surface area contributed by atoms with Crippen LogP contribution in [0.1, 0.15) is 12.0 Å². The number of benzene rings is 1. The van der Waals surface area contributed by atoms with Gasteiger partial charge in [0.25, 0.3) is 0 Å². The Morgan fingerprint density at radius 1 is 1.29 bits per heavy atom. The summed E-state index contributed by atoms with van der Waals surface area (Å²) in [5, 5.41) is 5.65. The number of hydrogen-bond donors (Lipinski definition) is 3. The summed E-state index contributed by atoms with van der Waals surface area (Å²) in [4.78, 5) is 32.4. The molecule has 0 spiro atoms. The normalized spacial score (nSPS) is 21.9. The summed E-state index contributed by atoms with van der Waals surface area (Å²) in [5.41, 5.74) is 1.85. The minimum atomic E-state index is -0.679. The summed E-state index contributed by atoms with van der Waals surface area (Å²) in [7, 11) is 2.15. The number of guanidine groups is 1. The van der Waals surface area contributed by atoms with Crippen molar-refractivity contribution in [2.75, 3.05) is 38.5 Å². The minimum Gasteiger partial charge on any atom is -0.334 e. The fraction of sp³-hybridized carbons (Fsp3) is 0.471. The van der Waals surface area contributed by atoms with Crippen LogP contribution in [0.4, 0.5) is 5.69 Å². The number of quaternary nitrogens is 1. The molecule has 2 aliphatic heterocycles. The summed E-state index contributed by atoms with van der Waals surface area (Å²) >= 11 is 0. The highest BCUT2D eigenvalue weighted by molar-refractivity contribution is 6.05. The summed E-state index contributed by atoms with van der Waals surface area (Å²) in [6.45, 7) is 5.64. The molecular weight excluding hydrogens is 306 g/mol. The van der Waals surface area contributed by atoms with Crippen LogP contribution in [-0.2, 0) is 9.59 Å². The van der Waals surface area contributed by atoms with Crippen molar-refractivity contribution in [1.29, 1.82) is 0 Å². The number of anilines is 1. The molecule has 0 aromatic heterocycles. The predicted molar refractivity (Wildman–Crippen MR) is 92.0 cm³/mol. The van der Waals surface area contributed by atoms with E-state index in [0.29, 0.717) is 5.96 Å². The molecule has 7 heteroatoms. The largest absolute Gasteiger partial charge is 0.334 e. The van der Waals surface area contributed by atoms with Crippen molar-refractivity contribution in [3.63, 3.8) is 0 Å². The van der Waals surface area contributed by atoms with Gasteiger partial charge in [0.05, 0.1) is 39.6 Å². The topological polar surface area (TPSA) is 78.2 Å². The molecule has 2 amide bonds. The Labute approximate surface area is 141 Å². The number of carbonyl (C=O) groups is 2. The molecule has 1 fully saturated rings. The smallest absolute Gasteiger partial charge is 0.249 e. The SMILES string of the molecule is Cc1ccc(NC(=O)[C@@H]2CC(=O)NC(N3CC[NH+](C)CC3)=N2)cc1. The van der Waals surface area contributed by atoms with Crippen molar-refractivity contribution in [3.8, 4) is 0 Å². The molecule has 24 heavy (non-hydrogen) atoms. The van der Waals surface area contributed by atoms with Gasteiger partial charge < -0.3 is 15.1 Å². The van der Waals surface area contributed by atoms with Crippen LogP contribution in [0.5, 0.6) is 0 Å². The van der Waals surface area contributed by atoms with Crippen molar-refractivity contribution < 1.29 is 14.5 Å². The van der Waals surface area contributed by atoms with E-state index in [1.54, 1.807) is 0 Å². The molecule has 1 aromatic rings. The van der Waals surface area contributed by atoms with Crippen molar-refractivity contribution >= 4 is 23.5 Å². The Bertz CT molecular complexity index is 647. The first-order valence-corrected chi connectivity index (χ1v) is 8.33. The molecule has 3 N–H and O–H groups in total. The average Bonchev–Trinajstić information content (AvgIpc) is 2.57. The van der Waals surface area contributed by atoms with Crippen molar-refractivity contribution in [2.45, 2.75) is 19.4 Å². The maximum Gasteiger partial charge on any atom is 0.249 e. The Morgan fingerprint density at radius 3 is 2.62 bits per heavy atom. The number of hydrogen-bond acceptors (Lipinski definition) is 4. The number of amides is 2. The lowest BCUT2D eigenvalue weighted by atomic mass is 10.1. The van der Waals surface area contributed by atoms with Gasteiger partial charge in [-0.15, -0.1) is 0 Å². The number of rotatable bonds is 2. The fourth-order valence-corrected chi connectivity index (χ4v) is 2.85. The second kappa shape index (κ2) is 7.00. The molecule has 0 unspecified atom stereocenters. The van der Waals surface area contributed by atoms with E-state index >= 15 is 0 Å². The van der Waals surface area contributed by atoms with Crippen LogP contribution in [0.15, 0.2) is 29.3 Å². The van der Waals surface area contributed by atoms with Crippen LogP contribution in [0.3, 0.4) is 0 Å². The zero-order chi connectivity index (χ0) is 17.1. The molecule has 0 bridgehead atoms. The number of nitrogens with one attached hydrogen (secondary N) is 3. The highest BCUT2D eigenvalue weighted by Crippen LogP contribution is 2.13. The van der Waals surface area contributed by atoms with Crippen LogP contribution < -0.4 is 15.5 Å². The number of nitrogens with zero attached hydrogens (tertiary/aromatic N) is 2. The third-order valence-corrected chi connectivity index (χ3v) is 4.45. The Hall–Kier alpha value is -2.41. The molecule has 1 aromatic carbocycles. The molecule has 2 heterocycles. The van der Waals surface area contributed by atoms with Gasteiger partial charge in [0, 0.05) is 5.69 Å². The minimum absolute atomic E-state index is 0.0835. The fourth-order valence-electron chi connectivity index (χ4n) is 2.85. The summed E-state index contributed by atoms with van der Waals surface area (Å²) in [5.74, 6) is 0.129. The Morgan fingerprint density at radius 2 is 1.96 bits per heavy atom. The second-order valence-corrected chi connectivity index (χ2v) is 6.52. The van der Waals surface area contributed by atoms with Gasteiger partial charge in [-0.1, -0.05) is 17.7 Å². The summed E-state index contributed by atoms with van der Waals surface area (Å²) in [6.07, 6.45) is 0.0835. The van der Waals surface area contributed by atoms with E-state index in [4.69, 9.17) is 0 Å². The molecule has 7 nitrogen and oxygen atoms in total. The standard InChI is InChI=1S/C17H23N5O2/c1-12-3-5-13(6-4-12)18-16(24)14-11-15(23)20-17(19-14)22-9-7-21(2)8-10-22/h3-6,14H,7-11H2,1-2H3,(H,18,24)(H,19,20,23)/p+1/t14-/m0/s1. The highest BCUT2D eigenvalue weighted by atomic mass is 16.2. The van der Waals surface area contributed by atoms with Crippen LogP contribution in [0.25, 0.3) is 0 Å². The molecule has 0 saturated carbocycles. The van der Waals surface area contributed by atoms with Gasteiger partial charge in [0.15, 0.2) is 0 Å². The van der Waals surface area contributed by atoms with Gasteiger partial charge in [-0.3, -0.25) is 14.9 Å². The molecular formula is C17H24N5O2+. The quantitative estimate of drug-likeness (QED) is 0.651. The van der Waals surface area contributed by atoms with Gasteiger partial charge in [-0.2, -0.15) is 0 Å². The molecule has 1 saturated heterocycles. The number of carbonyl (C=O) groups excluding carboxylic acids is 2. The van der Waals surface area contributed by atoms with Crippen LogP contribution in [0.2, 0.25) is 0 Å². The van der Waals surface area contributed by atoms with Gasteiger partial charge in [0.2, 0.25) is 17.8 Å². The lowest BCUT2D eigenvalue weighted by Crippen LogP contribution is -3.12. The van der Waals surface area contributed by atoms with Gasteiger partial charge in [-0.25, -0.2) is 4.99 Å². The average molecular weight is 330 g/mol. The first-order valence-electron chi connectivity index (χ1n) is 8.33. The van der Waals surface area contributed by atoms with E-state index in [9.17, 15) is 9.59 Å². The number of likely N-dealkylation sites (N-methyl/N-ethyl adjacent to an activating group) is 1. The van der Waals surface area contributed by atoms with Gasteiger partial charge in [-0.05, 0) is 19.1 Å². The number of piperazine rings is 1. The molecule has 1 atom stereocenters. The molecule has 3 rings (SSSR count). The predicted octanol–water partition coefficient (Wildman–Crippen LogP) is -0.992. The monoisotopic (exact) mass is 330 g/mol. The maximum atomic E-state index is 12.5. The number of aryl methyl sites for hydroxylation is 1. The van der Waals surface area contributed by atoms with Crippen molar-refractivity contribution in [3.05, 3.63) is 29.8 Å². The highest BCUT2D eigenvalue weighted by Gasteiger charge is 2.30. The van der Waals surface area contributed by atoms with Crippen LogP contribution in [-0.4, -0.2) is 61.9 Å². The first-order chi connectivity index (χ1) is 11.5. The summed E-state index contributed by atoms with van der Waals surface area (Å²) in [6, 6.07) is 6.89. The zero-order valence-corrected chi connectivity index (χ0v) is 14.1. The molecule has 128 valence electrons. The number of aliphatic imine (C=N–C) groups is 1. The summed E-state index contributed by atoms with van der Waals surface area (Å²) < 4.78 is 0. The van der Waals surface area contributed by atoms with E-state index in [0.717, 1.165) is 37.4 Å². The lowest BCUT2D eigenvalue weighted by Gasteiger charge is -2.34. The van der Waals surface area contributed by atoms with E-state index in [1.807, 2.05) is 31.2 Å². The Balaban J connectivity index is 1.69. The third-order valence-electron chi connectivity index (χ3n) is 4.45. The van der Waals surface area contributed by atoms with E-state index < -0.39 is 6.04 Å². The van der Waals surface area contributed by atoms with Crippen molar-refractivity contribution in [1.82, 2.24) is 10.2 Å². The van der Waals surface area contributed by atoms with E-state index in [2.05, 4.69) is 27.6 Å².